The number of rotatable bonds is 4. The van der Waals surface area contributed by atoms with E-state index in [0.717, 1.165) is 15.6 Å². The van der Waals surface area contributed by atoms with Gasteiger partial charge in [0.25, 0.3) is 0 Å². The summed E-state index contributed by atoms with van der Waals surface area (Å²) in [5, 5.41) is 13.9. The number of hydrogen-bond acceptors (Lipinski definition) is 2. The van der Waals surface area contributed by atoms with E-state index in [1.165, 1.54) is 0 Å². The van der Waals surface area contributed by atoms with Crippen molar-refractivity contribution in [1.82, 2.24) is 5.32 Å². The van der Waals surface area contributed by atoms with E-state index in [0.29, 0.717) is 5.69 Å². The lowest BCUT2D eigenvalue weighted by Gasteiger charge is -2.15. The van der Waals surface area contributed by atoms with Crippen LogP contribution in [-0.2, 0) is 4.79 Å². The number of carboxylic acid groups (broad SMARTS) is 1. The topological polar surface area (TPSA) is 78.4 Å². The maximum atomic E-state index is 11.8. The molecule has 5 nitrogen and oxygen atoms in total. The third kappa shape index (κ3) is 4.90. The highest BCUT2D eigenvalue weighted by Gasteiger charge is 2.13. The molecule has 19 heavy (non-hydrogen) atoms. The van der Waals surface area contributed by atoms with E-state index in [1.54, 1.807) is 6.92 Å². The van der Waals surface area contributed by atoms with E-state index in [9.17, 15) is 9.59 Å². The molecule has 1 rings (SSSR count). The van der Waals surface area contributed by atoms with Crippen LogP contribution in [0.3, 0.4) is 0 Å². The van der Waals surface area contributed by atoms with Gasteiger partial charge in [-0.05, 0) is 53.9 Å². The van der Waals surface area contributed by atoms with Gasteiger partial charge in [-0.2, -0.15) is 0 Å². The predicted octanol–water partition coefficient (Wildman–Crippen LogP) is 3.05. The first-order valence-corrected chi connectivity index (χ1v) is 6.65. The molecular formula is C13H17BrN2O3. The third-order valence-electron chi connectivity index (χ3n) is 2.53. The number of halogens is 1. The number of hydrogen-bond donors (Lipinski definition) is 3. The van der Waals surface area contributed by atoms with Crippen LogP contribution >= 0.6 is 15.9 Å². The van der Waals surface area contributed by atoms with Gasteiger partial charge in [0.05, 0.1) is 12.1 Å². The molecule has 104 valence electrons. The fourth-order valence-electron chi connectivity index (χ4n) is 1.76. The van der Waals surface area contributed by atoms with Crippen LogP contribution in [0.2, 0.25) is 0 Å². The molecule has 0 bridgehead atoms. The van der Waals surface area contributed by atoms with Crippen molar-refractivity contribution in [2.75, 3.05) is 5.32 Å². The highest BCUT2D eigenvalue weighted by molar-refractivity contribution is 9.10. The first-order valence-electron chi connectivity index (χ1n) is 5.85. The predicted molar refractivity (Wildman–Crippen MR) is 77.5 cm³/mol. The number of carbonyl (C=O) groups excluding carboxylic acids is 1. The van der Waals surface area contributed by atoms with E-state index >= 15 is 0 Å². The van der Waals surface area contributed by atoms with E-state index in [-0.39, 0.29) is 6.42 Å². The molecule has 0 aliphatic rings. The Hall–Kier alpha value is -1.56. The Morgan fingerprint density at radius 2 is 2.00 bits per heavy atom. The summed E-state index contributed by atoms with van der Waals surface area (Å²) in [6.07, 6.45) is -0.110. The van der Waals surface area contributed by atoms with Crippen molar-refractivity contribution in [3.8, 4) is 0 Å². The van der Waals surface area contributed by atoms with Crippen LogP contribution in [0.5, 0.6) is 0 Å². The van der Waals surface area contributed by atoms with Crippen molar-refractivity contribution in [2.45, 2.75) is 33.2 Å². The largest absolute Gasteiger partial charge is 0.481 e. The number of anilines is 1. The summed E-state index contributed by atoms with van der Waals surface area (Å²) in [5.41, 5.74) is 2.72. The first-order chi connectivity index (χ1) is 8.79. The number of benzene rings is 1. The molecule has 1 aromatic rings. The average molecular weight is 329 g/mol. The van der Waals surface area contributed by atoms with E-state index in [4.69, 9.17) is 5.11 Å². The second-order valence-electron chi connectivity index (χ2n) is 4.54. The minimum absolute atomic E-state index is 0.110. The zero-order chi connectivity index (χ0) is 14.6. The van der Waals surface area contributed by atoms with Crippen molar-refractivity contribution >= 4 is 33.6 Å². The molecule has 0 saturated carbocycles. The van der Waals surface area contributed by atoms with Gasteiger partial charge < -0.3 is 15.7 Å². The molecule has 0 aliphatic heterocycles. The molecule has 1 atom stereocenters. The van der Waals surface area contributed by atoms with Gasteiger partial charge in [0.2, 0.25) is 0 Å². The molecule has 6 heteroatoms. The highest BCUT2D eigenvalue weighted by atomic mass is 79.9. The number of amides is 2. The molecule has 1 unspecified atom stereocenters. The van der Waals surface area contributed by atoms with Crippen molar-refractivity contribution in [3.05, 3.63) is 27.7 Å². The minimum atomic E-state index is -0.944. The summed E-state index contributed by atoms with van der Waals surface area (Å²) in [6, 6.07) is 3.02. The second kappa shape index (κ2) is 6.56. The summed E-state index contributed by atoms with van der Waals surface area (Å²) in [6.45, 7) is 5.51. The smallest absolute Gasteiger partial charge is 0.319 e. The van der Waals surface area contributed by atoms with Crippen LogP contribution in [0.15, 0.2) is 16.6 Å². The number of nitrogens with one attached hydrogen (secondary N) is 2. The Bertz CT molecular complexity index is 480. The Kier molecular flexibility index (Phi) is 5.35. The van der Waals surface area contributed by atoms with Crippen LogP contribution in [0.4, 0.5) is 10.5 Å². The molecule has 1 aromatic carbocycles. The second-order valence-corrected chi connectivity index (χ2v) is 5.39. The molecule has 0 aromatic heterocycles. The summed E-state index contributed by atoms with van der Waals surface area (Å²) in [7, 11) is 0. The number of carbonyl (C=O) groups is 2. The van der Waals surface area contributed by atoms with Gasteiger partial charge in [0.15, 0.2) is 0 Å². The van der Waals surface area contributed by atoms with Gasteiger partial charge in [-0.25, -0.2) is 4.79 Å². The van der Waals surface area contributed by atoms with Crippen molar-refractivity contribution in [2.24, 2.45) is 0 Å². The zero-order valence-corrected chi connectivity index (χ0v) is 12.7. The standard InChI is InChI=1S/C13H17BrN2O3/c1-7-4-8(2)12(10(14)5-7)16-13(19)15-9(3)6-11(17)18/h4-5,9H,6H2,1-3H3,(H,17,18)(H2,15,16,19). The monoisotopic (exact) mass is 328 g/mol. The maximum Gasteiger partial charge on any atom is 0.319 e. The fourth-order valence-corrected chi connectivity index (χ4v) is 2.53. The van der Waals surface area contributed by atoms with Gasteiger partial charge >= 0.3 is 12.0 Å². The summed E-state index contributed by atoms with van der Waals surface area (Å²) in [5.74, 6) is -0.944. The van der Waals surface area contributed by atoms with E-state index in [2.05, 4.69) is 26.6 Å². The number of urea groups is 1. The molecule has 0 heterocycles. The fraction of sp³-hybridized carbons (Fsp3) is 0.385. The normalized spacial score (nSPS) is 11.8. The van der Waals surface area contributed by atoms with E-state index in [1.807, 2.05) is 26.0 Å². The molecule has 0 spiro atoms. The summed E-state index contributed by atoms with van der Waals surface area (Å²) in [4.78, 5) is 22.3. The van der Waals surface area contributed by atoms with Crippen LogP contribution in [-0.4, -0.2) is 23.1 Å². The van der Waals surface area contributed by atoms with Crippen LogP contribution < -0.4 is 10.6 Å². The lowest BCUT2D eigenvalue weighted by atomic mass is 10.1. The van der Waals surface area contributed by atoms with E-state index < -0.39 is 18.0 Å². The summed E-state index contributed by atoms with van der Waals surface area (Å²) < 4.78 is 0.797. The van der Waals surface area contributed by atoms with Crippen molar-refractivity contribution in [1.29, 1.82) is 0 Å². The SMILES string of the molecule is Cc1cc(C)c(NC(=O)NC(C)CC(=O)O)c(Br)c1. The quantitative estimate of drug-likeness (QED) is 0.794. The zero-order valence-electron chi connectivity index (χ0n) is 11.1. The van der Waals surface area contributed by atoms with Gasteiger partial charge in [0.1, 0.15) is 0 Å². The number of carboxylic acids is 1. The van der Waals surface area contributed by atoms with Crippen LogP contribution in [0, 0.1) is 13.8 Å². The molecule has 0 aliphatic carbocycles. The number of aryl methyl sites for hydroxylation is 2. The van der Waals surface area contributed by atoms with Gasteiger partial charge in [-0.1, -0.05) is 6.07 Å². The first kappa shape index (κ1) is 15.5. The molecule has 3 N–H and O–H groups in total. The molecule has 0 saturated heterocycles. The Labute approximate surface area is 120 Å². The van der Waals surface area contributed by atoms with Crippen molar-refractivity contribution in [3.63, 3.8) is 0 Å². The summed E-state index contributed by atoms with van der Waals surface area (Å²) >= 11 is 3.40. The van der Waals surface area contributed by atoms with Gasteiger partial charge in [-0.3, -0.25) is 4.79 Å². The van der Waals surface area contributed by atoms with Gasteiger partial charge in [-0.15, -0.1) is 0 Å². The van der Waals surface area contributed by atoms with Gasteiger partial charge in [0, 0.05) is 10.5 Å². The molecule has 2 amide bonds. The van der Waals surface area contributed by atoms with Crippen LogP contribution in [0.1, 0.15) is 24.5 Å². The van der Waals surface area contributed by atoms with Crippen molar-refractivity contribution < 1.29 is 14.7 Å². The average Bonchev–Trinajstić information content (AvgIpc) is 2.21. The maximum absolute atomic E-state index is 11.8. The lowest BCUT2D eigenvalue weighted by Crippen LogP contribution is -2.37. The highest BCUT2D eigenvalue weighted by Crippen LogP contribution is 2.27. The molecule has 0 fully saturated rings. The minimum Gasteiger partial charge on any atom is -0.481 e. The Morgan fingerprint density at radius 1 is 1.37 bits per heavy atom. The molecular weight excluding hydrogens is 312 g/mol. The lowest BCUT2D eigenvalue weighted by molar-refractivity contribution is -0.137. The molecule has 0 radical (unpaired) electrons. The van der Waals surface area contributed by atoms with Crippen LogP contribution in [0.25, 0.3) is 0 Å². The Morgan fingerprint density at radius 3 is 2.53 bits per heavy atom. The number of aliphatic carboxylic acids is 1. The Balaban J connectivity index is 2.70. The third-order valence-corrected chi connectivity index (χ3v) is 3.15.